The number of allylic oxidation sites excluding steroid dienone is 2. The molecule has 1 aliphatic carbocycles. The molecule has 0 radical (unpaired) electrons. The highest BCUT2D eigenvalue weighted by Gasteiger charge is 2.34. The molecule has 0 atom stereocenters. The van der Waals surface area contributed by atoms with Crippen LogP contribution < -0.4 is 5.32 Å². The van der Waals surface area contributed by atoms with Gasteiger partial charge in [0.1, 0.15) is 5.76 Å². The van der Waals surface area contributed by atoms with Crippen molar-refractivity contribution in [1.29, 1.82) is 0 Å². The van der Waals surface area contributed by atoms with Crippen molar-refractivity contribution in [2.24, 2.45) is 16.3 Å². The maximum Gasteiger partial charge on any atom is 0.168 e. The van der Waals surface area contributed by atoms with Crippen molar-refractivity contribution in [3.63, 3.8) is 0 Å². The van der Waals surface area contributed by atoms with Crippen LogP contribution in [0.15, 0.2) is 16.3 Å². The number of quaternary nitrogens is 1. The van der Waals surface area contributed by atoms with Crippen molar-refractivity contribution in [3.8, 4) is 0 Å². The number of ketones is 1. The van der Waals surface area contributed by atoms with Crippen LogP contribution in [0.3, 0.4) is 0 Å². The molecule has 1 saturated heterocycles. The molecular weight excluding hydrogens is 252 g/mol. The number of Topliss-reactive ketones (excluding diaryl/α,β-unsaturated/α-hetero) is 1. The standard InChI is InChI=1S/C16H26N2O2/c1-11(18-10-12-4-6-17-7-5-12)15-13(19)8-16(2,3)9-14(15)20/h12,17,19H,4-10H2,1-3H3/p+1. The number of aliphatic hydroxyl groups excluding tert-OH is 1. The summed E-state index contributed by atoms with van der Waals surface area (Å²) in [6.45, 7) is 9.04. The van der Waals surface area contributed by atoms with Gasteiger partial charge in [0.25, 0.3) is 0 Å². The van der Waals surface area contributed by atoms with Gasteiger partial charge in [-0.15, -0.1) is 0 Å². The molecule has 0 aromatic heterocycles. The van der Waals surface area contributed by atoms with E-state index in [9.17, 15) is 9.90 Å². The first-order chi connectivity index (χ1) is 9.39. The van der Waals surface area contributed by atoms with Gasteiger partial charge in [-0.3, -0.25) is 9.79 Å². The zero-order valence-corrected chi connectivity index (χ0v) is 12.9. The van der Waals surface area contributed by atoms with E-state index in [0.717, 1.165) is 12.3 Å². The average Bonchev–Trinajstić information content (AvgIpc) is 2.35. The summed E-state index contributed by atoms with van der Waals surface area (Å²) >= 11 is 0. The molecule has 1 fully saturated rings. The Kier molecular flexibility index (Phi) is 4.63. The van der Waals surface area contributed by atoms with Crippen LogP contribution in [0.5, 0.6) is 0 Å². The molecule has 0 bridgehead atoms. The van der Waals surface area contributed by atoms with Crippen LogP contribution >= 0.6 is 0 Å². The van der Waals surface area contributed by atoms with Crippen molar-refractivity contribution < 1.29 is 15.2 Å². The lowest BCUT2D eigenvalue weighted by atomic mass is 9.76. The first-order valence-corrected chi connectivity index (χ1v) is 7.67. The fourth-order valence-electron chi connectivity index (χ4n) is 3.22. The third kappa shape index (κ3) is 3.69. The van der Waals surface area contributed by atoms with Gasteiger partial charge in [-0.05, 0) is 18.3 Å². The Bertz CT molecular complexity index is 443. The van der Waals surface area contributed by atoms with Crippen LogP contribution in [0.2, 0.25) is 0 Å². The van der Waals surface area contributed by atoms with E-state index < -0.39 is 0 Å². The van der Waals surface area contributed by atoms with E-state index in [2.05, 4.69) is 10.3 Å². The molecule has 20 heavy (non-hydrogen) atoms. The Hall–Kier alpha value is -1.16. The molecule has 0 aromatic carbocycles. The normalized spacial score (nSPS) is 25.1. The molecular formula is C16H27N2O2+. The Morgan fingerprint density at radius 3 is 2.60 bits per heavy atom. The average molecular weight is 279 g/mol. The van der Waals surface area contributed by atoms with E-state index in [-0.39, 0.29) is 17.0 Å². The molecule has 0 unspecified atom stereocenters. The monoisotopic (exact) mass is 279 g/mol. The number of aliphatic hydroxyl groups is 1. The highest BCUT2D eigenvalue weighted by Crippen LogP contribution is 2.36. The van der Waals surface area contributed by atoms with E-state index in [0.29, 0.717) is 24.3 Å². The molecule has 1 heterocycles. The summed E-state index contributed by atoms with van der Waals surface area (Å²) in [5, 5.41) is 12.5. The Morgan fingerprint density at radius 2 is 2.00 bits per heavy atom. The lowest BCUT2D eigenvalue weighted by Crippen LogP contribution is -2.86. The summed E-state index contributed by atoms with van der Waals surface area (Å²) < 4.78 is 0. The number of hydrogen-bond acceptors (Lipinski definition) is 3. The molecule has 2 rings (SSSR count). The van der Waals surface area contributed by atoms with Crippen molar-refractivity contribution in [1.82, 2.24) is 0 Å². The van der Waals surface area contributed by atoms with Crippen molar-refractivity contribution in [2.75, 3.05) is 19.6 Å². The molecule has 4 nitrogen and oxygen atoms in total. The maximum absolute atomic E-state index is 12.2. The van der Waals surface area contributed by atoms with Gasteiger partial charge < -0.3 is 10.4 Å². The minimum Gasteiger partial charge on any atom is -0.511 e. The molecule has 0 spiro atoms. The van der Waals surface area contributed by atoms with Crippen molar-refractivity contribution in [2.45, 2.75) is 46.5 Å². The Balaban J connectivity index is 2.07. The van der Waals surface area contributed by atoms with Gasteiger partial charge in [0.15, 0.2) is 5.78 Å². The molecule has 4 heteroatoms. The molecule has 3 N–H and O–H groups in total. The van der Waals surface area contributed by atoms with Crippen LogP contribution in [0.1, 0.15) is 46.5 Å². The molecule has 0 aromatic rings. The van der Waals surface area contributed by atoms with Crippen LogP contribution in [-0.4, -0.2) is 36.2 Å². The SMILES string of the molecule is CC(=NCC1CC[NH2+]CC1)C1=C(O)CC(C)(C)CC1=O. The highest BCUT2D eigenvalue weighted by molar-refractivity contribution is 6.22. The van der Waals surface area contributed by atoms with E-state index in [4.69, 9.17) is 0 Å². The van der Waals surface area contributed by atoms with Crippen LogP contribution in [0, 0.1) is 11.3 Å². The fraction of sp³-hybridized carbons (Fsp3) is 0.750. The zero-order chi connectivity index (χ0) is 14.8. The predicted molar refractivity (Wildman–Crippen MR) is 80.0 cm³/mol. The van der Waals surface area contributed by atoms with Gasteiger partial charge in [-0.2, -0.15) is 0 Å². The molecule has 2 aliphatic rings. The van der Waals surface area contributed by atoms with Crippen LogP contribution in [0.25, 0.3) is 0 Å². The predicted octanol–water partition coefficient (Wildman–Crippen LogP) is 1.62. The van der Waals surface area contributed by atoms with Gasteiger partial charge in [0.05, 0.1) is 18.7 Å². The third-order valence-corrected chi connectivity index (χ3v) is 4.36. The highest BCUT2D eigenvalue weighted by atomic mass is 16.3. The van der Waals surface area contributed by atoms with Crippen LogP contribution in [0.4, 0.5) is 0 Å². The summed E-state index contributed by atoms with van der Waals surface area (Å²) in [4.78, 5) is 16.8. The largest absolute Gasteiger partial charge is 0.511 e. The van der Waals surface area contributed by atoms with Gasteiger partial charge in [0.2, 0.25) is 0 Å². The second-order valence-electron chi connectivity index (χ2n) is 7.00. The first-order valence-electron chi connectivity index (χ1n) is 7.67. The van der Waals surface area contributed by atoms with E-state index in [1.165, 1.54) is 25.9 Å². The van der Waals surface area contributed by atoms with Crippen molar-refractivity contribution >= 4 is 11.5 Å². The van der Waals surface area contributed by atoms with E-state index in [1.807, 2.05) is 20.8 Å². The minimum absolute atomic E-state index is 0.0389. The maximum atomic E-state index is 12.2. The molecule has 1 aliphatic heterocycles. The van der Waals surface area contributed by atoms with Gasteiger partial charge in [-0.1, -0.05) is 13.8 Å². The minimum atomic E-state index is -0.135. The number of piperidine rings is 1. The van der Waals surface area contributed by atoms with E-state index in [1.54, 1.807) is 0 Å². The van der Waals surface area contributed by atoms with E-state index >= 15 is 0 Å². The lowest BCUT2D eigenvalue weighted by Gasteiger charge is -2.29. The molecule has 112 valence electrons. The number of carbonyl (C=O) groups excluding carboxylic acids is 1. The smallest absolute Gasteiger partial charge is 0.168 e. The number of nitrogens with zero attached hydrogens (tertiary/aromatic N) is 1. The van der Waals surface area contributed by atoms with Gasteiger partial charge in [-0.25, -0.2) is 0 Å². The van der Waals surface area contributed by atoms with Crippen LogP contribution in [-0.2, 0) is 4.79 Å². The lowest BCUT2D eigenvalue weighted by molar-refractivity contribution is -0.664. The number of carbonyl (C=O) groups is 1. The number of hydrogen-bond donors (Lipinski definition) is 2. The Morgan fingerprint density at radius 1 is 1.35 bits per heavy atom. The summed E-state index contributed by atoms with van der Waals surface area (Å²) in [5.41, 5.74) is 1.06. The first kappa shape index (κ1) is 15.2. The zero-order valence-electron chi connectivity index (χ0n) is 12.9. The summed E-state index contributed by atoms with van der Waals surface area (Å²) in [6, 6.07) is 0. The topological polar surface area (TPSA) is 66.3 Å². The summed E-state index contributed by atoms with van der Waals surface area (Å²) in [5.74, 6) is 0.897. The second kappa shape index (κ2) is 6.08. The number of nitrogens with two attached hydrogens (primary N) is 1. The summed E-state index contributed by atoms with van der Waals surface area (Å²) in [6.07, 6.45) is 3.46. The third-order valence-electron chi connectivity index (χ3n) is 4.36. The quantitative estimate of drug-likeness (QED) is 0.771. The second-order valence-corrected chi connectivity index (χ2v) is 7.00. The van der Waals surface area contributed by atoms with Crippen molar-refractivity contribution in [3.05, 3.63) is 11.3 Å². The number of rotatable bonds is 3. The van der Waals surface area contributed by atoms with Gasteiger partial charge >= 0.3 is 0 Å². The fourth-order valence-corrected chi connectivity index (χ4v) is 3.22. The molecule has 0 saturated carbocycles. The Labute approximate surface area is 121 Å². The molecule has 0 amide bonds. The summed E-state index contributed by atoms with van der Waals surface area (Å²) in [7, 11) is 0. The van der Waals surface area contributed by atoms with Gasteiger partial charge in [0, 0.05) is 37.9 Å². The number of aliphatic imine (C=N–C) groups is 1.